The molecule has 35 heavy (non-hydrogen) atoms. The van der Waals surface area contributed by atoms with Crippen LogP contribution in [0.15, 0.2) is 28.1 Å². The predicted octanol–water partition coefficient (Wildman–Crippen LogP) is 5.48. The van der Waals surface area contributed by atoms with Gasteiger partial charge in [-0.2, -0.15) is 18.2 Å². The summed E-state index contributed by atoms with van der Waals surface area (Å²) in [6, 6.07) is 3.21. The van der Waals surface area contributed by atoms with Gasteiger partial charge in [-0.1, -0.05) is 0 Å². The third-order valence-electron chi connectivity index (χ3n) is 5.87. The molecule has 4 heterocycles. The molecule has 1 aromatic carbocycles. The summed E-state index contributed by atoms with van der Waals surface area (Å²) in [6.45, 7) is 5.16. The first-order chi connectivity index (χ1) is 16.5. The summed E-state index contributed by atoms with van der Waals surface area (Å²) in [7, 11) is 0. The van der Waals surface area contributed by atoms with E-state index >= 15 is 0 Å². The lowest BCUT2D eigenvalue weighted by Crippen LogP contribution is -2.56. The third kappa shape index (κ3) is 5.02. The number of carbonyl (C=O) groups is 1. The van der Waals surface area contributed by atoms with Gasteiger partial charge in [0.05, 0.1) is 17.6 Å². The van der Waals surface area contributed by atoms with Gasteiger partial charge < -0.3 is 18.8 Å². The quantitative estimate of drug-likeness (QED) is 0.460. The molecule has 2 aromatic heterocycles. The highest BCUT2D eigenvalue weighted by Crippen LogP contribution is 2.39. The van der Waals surface area contributed by atoms with Crippen molar-refractivity contribution in [2.24, 2.45) is 0 Å². The Labute approximate surface area is 203 Å². The Morgan fingerprint density at radius 1 is 1.20 bits per heavy atom. The van der Waals surface area contributed by atoms with Crippen molar-refractivity contribution in [3.8, 4) is 16.3 Å². The van der Waals surface area contributed by atoms with E-state index in [2.05, 4.69) is 9.97 Å². The number of ether oxygens (including phenoxy) is 2. The molecule has 2 fully saturated rings. The molecule has 0 aliphatic carbocycles. The Morgan fingerprint density at radius 2 is 1.91 bits per heavy atom. The molecule has 0 radical (unpaired) electrons. The number of hydrogen-bond acceptors (Lipinski definition) is 8. The summed E-state index contributed by atoms with van der Waals surface area (Å²) in [5, 5.41) is 2.36. The minimum atomic E-state index is -4.46. The molecule has 2 atom stereocenters. The summed E-state index contributed by atoms with van der Waals surface area (Å²) >= 11 is 1.34. The van der Waals surface area contributed by atoms with Crippen LogP contribution in [0.2, 0.25) is 0 Å². The highest BCUT2D eigenvalue weighted by Gasteiger charge is 2.45. The molecule has 0 N–H and O–H groups in total. The molecular formula is C23H25F3N4O4S. The van der Waals surface area contributed by atoms with Crippen LogP contribution in [-0.2, 0) is 4.74 Å². The highest BCUT2D eigenvalue weighted by atomic mass is 32.1. The average Bonchev–Trinajstić information content (AvgIpc) is 3.48. The predicted molar refractivity (Wildman–Crippen MR) is 124 cm³/mol. The number of aromatic nitrogens is 2. The van der Waals surface area contributed by atoms with Crippen molar-refractivity contribution in [1.82, 2.24) is 14.9 Å². The maximum absolute atomic E-state index is 12.8. The second-order valence-corrected chi connectivity index (χ2v) is 10.6. The number of piperazine rings is 1. The lowest BCUT2D eigenvalue weighted by Gasteiger charge is -2.40. The molecule has 12 heteroatoms. The molecule has 8 nitrogen and oxygen atoms in total. The third-order valence-corrected chi connectivity index (χ3v) is 6.68. The van der Waals surface area contributed by atoms with Crippen molar-refractivity contribution in [2.45, 2.75) is 57.5 Å². The van der Waals surface area contributed by atoms with Gasteiger partial charge in [-0.25, -0.2) is 9.78 Å². The van der Waals surface area contributed by atoms with Gasteiger partial charge in [-0.3, -0.25) is 4.90 Å². The van der Waals surface area contributed by atoms with E-state index in [1.165, 1.54) is 23.5 Å². The average molecular weight is 511 g/mol. The number of oxazole rings is 1. The fraction of sp³-hybridized carbons (Fsp3) is 0.522. The van der Waals surface area contributed by atoms with E-state index in [4.69, 9.17) is 13.9 Å². The molecule has 188 valence electrons. The summed E-state index contributed by atoms with van der Waals surface area (Å²) in [5.41, 5.74) is 0.748. The van der Waals surface area contributed by atoms with Crippen molar-refractivity contribution in [3.05, 3.63) is 23.7 Å². The lowest BCUT2D eigenvalue weighted by atomic mass is 10.2. The zero-order valence-electron chi connectivity index (χ0n) is 19.5. The number of rotatable bonds is 4. The van der Waals surface area contributed by atoms with Gasteiger partial charge in [-0.15, -0.1) is 11.3 Å². The van der Waals surface area contributed by atoms with Crippen LogP contribution in [0.25, 0.3) is 21.7 Å². The molecule has 2 aliphatic heterocycles. The molecular weight excluding hydrogens is 485 g/mol. The second-order valence-electron chi connectivity index (χ2n) is 9.73. The van der Waals surface area contributed by atoms with Crippen molar-refractivity contribution in [1.29, 1.82) is 0 Å². The van der Waals surface area contributed by atoms with Crippen LogP contribution in [-0.4, -0.2) is 64.5 Å². The van der Waals surface area contributed by atoms with Crippen LogP contribution in [0.5, 0.6) is 5.75 Å². The Bertz CT molecular complexity index is 1210. The first-order valence-corrected chi connectivity index (χ1v) is 12.1. The van der Waals surface area contributed by atoms with E-state index < -0.39 is 18.4 Å². The van der Waals surface area contributed by atoms with E-state index in [-0.39, 0.29) is 23.9 Å². The number of hydrogen-bond donors (Lipinski definition) is 0. The van der Waals surface area contributed by atoms with Gasteiger partial charge in [0.15, 0.2) is 12.2 Å². The molecule has 3 aromatic rings. The van der Waals surface area contributed by atoms with Gasteiger partial charge >= 0.3 is 12.3 Å². The van der Waals surface area contributed by atoms with Crippen LogP contribution < -0.4 is 9.64 Å². The lowest BCUT2D eigenvalue weighted by molar-refractivity contribution is -0.153. The molecule has 0 spiro atoms. The molecule has 2 bridgehead atoms. The van der Waals surface area contributed by atoms with Crippen molar-refractivity contribution >= 4 is 34.5 Å². The molecule has 1 amide bonds. The van der Waals surface area contributed by atoms with Gasteiger partial charge in [0.2, 0.25) is 0 Å². The Balaban J connectivity index is 1.43. The van der Waals surface area contributed by atoms with Gasteiger partial charge in [0.1, 0.15) is 21.9 Å². The van der Waals surface area contributed by atoms with Crippen LogP contribution >= 0.6 is 11.3 Å². The van der Waals surface area contributed by atoms with E-state index in [9.17, 15) is 18.0 Å². The van der Waals surface area contributed by atoms with Crippen LogP contribution in [0.1, 0.15) is 33.6 Å². The molecule has 2 aliphatic rings. The first kappa shape index (κ1) is 23.7. The molecule has 2 unspecified atom stereocenters. The number of halogens is 3. The number of nitrogens with zero attached hydrogens (tertiary/aromatic N) is 4. The van der Waals surface area contributed by atoms with E-state index in [1.54, 1.807) is 11.6 Å². The maximum Gasteiger partial charge on any atom is 0.422 e. The van der Waals surface area contributed by atoms with Crippen molar-refractivity contribution < 1.29 is 31.9 Å². The Morgan fingerprint density at radius 3 is 2.51 bits per heavy atom. The maximum atomic E-state index is 12.8. The molecule has 2 saturated heterocycles. The van der Waals surface area contributed by atoms with Gasteiger partial charge in [0.25, 0.3) is 6.01 Å². The van der Waals surface area contributed by atoms with Crippen LogP contribution in [0, 0.1) is 0 Å². The standard InChI is InChI=1S/C23H25F3N4O4S/c1-22(2,3)34-21(31)30-13-4-5-14(30)11-29(10-13)20-28-17-9-15(32-12-23(24,25)26)8-16(18(17)33-20)19-27-6-7-35-19/h6-9,13-14H,4-5,10-12H2,1-3H3. The zero-order valence-corrected chi connectivity index (χ0v) is 20.3. The zero-order chi connectivity index (χ0) is 25.0. The number of fused-ring (bicyclic) bond motifs is 3. The number of benzene rings is 1. The number of amides is 1. The Kier molecular flexibility index (Phi) is 5.81. The summed E-state index contributed by atoms with van der Waals surface area (Å²) < 4.78 is 54.9. The second kappa shape index (κ2) is 8.58. The van der Waals surface area contributed by atoms with E-state index in [0.717, 1.165) is 12.8 Å². The molecule has 5 rings (SSSR count). The fourth-order valence-electron chi connectivity index (χ4n) is 4.57. The number of alkyl halides is 3. The minimum Gasteiger partial charge on any atom is -0.484 e. The largest absolute Gasteiger partial charge is 0.484 e. The number of anilines is 1. The summed E-state index contributed by atoms with van der Waals surface area (Å²) in [6.07, 6.45) is -1.47. The van der Waals surface area contributed by atoms with Crippen LogP contribution in [0.4, 0.5) is 24.0 Å². The molecule has 0 saturated carbocycles. The van der Waals surface area contributed by atoms with Crippen molar-refractivity contribution in [2.75, 3.05) is 24.6 Å². The minimum absolute atomic E-state index is 0.0367. The number of thiazole rings is 1. The highest BCUT2D eigenvalue weighted by molar-refractivity contribution is 7.13. The Hall–Kier alpha value is -3.02. The van der Waals surface area contributed by atoms with Crippen LogP contribution in [0.3, 0.4) is 0 Å². The van der Waals surface area contributed by atoms with E-state index in [1.807, 2.05) is 30.6 Å². The topological polar surface area (TPSA) is 80.9 Å². The van der Waals surface area contributed by atoms with Crippen molar-refractivity contribution in [3.63, 3.8) is 0 Å². The summed E-state index contributed by atoms with van der Waals surface area (Å²) in [4.78, 5) is 25.4. The summed E-state index contributed by atoms with van der Waals surface area (Å²) in [5.74, 6) is 0.0367. The monoisotopic (exact) mass is 510 g/mol. The smallest absolute Gasteiger partial charge is 0.422 e. The van der Waals surface area contributed by atoms with E-state index in [0.29, 0.717) is 40.8 Å². The first-order valence-electron chi connectivity index (χ1n) is 11.3. The van der Waals surface area contributed by atoms with Gasteiger partial charge in [0, 0.05) is 30.7 Å². The fourth-order valence-corrected chi connectivity index (χ4v) is 5.22. The normalized spacial score (nSPS) is 20.5. The van der Waals surface area contributed by atoms with Gasteiger partial charge in [-0.05, 0) is 39.7 Å². The SMILES string of the molecule is CC(C)(C)OC(=O)N1C2CCC1CN(c1nc3cc(OCC(F)(F)F)cc(-c4nccs4)c3o1)C2. The number of carbonyl (C=O) groups excluding carboxylic acids is 1.